The Balaban J connectivity index is 1.64. The maximum Gasteiger partial charge on any atom is 0.151 e. The van der Waals surface area contributed by atoms with Crippen molar-refractivity contribution in [3.8, 4) is 11.3 Å². The average Bonchev–Trinajstić information content (AvgIpc) is 3.63. The van der Waals surface area contributed by atoms with Crippen LogP contribution in [0.4, 0.5) is 18.9 Å². The van der Waals surface area contributed by atoms with E-state index < -0.39 is 30.6 Å². The lowest BCUT2D eigenvalue weighted by Crippen LogP contribution is -2.15. The monoisotopic (exact) mass is 530 g/mol. The van der Waals surface area contributed by atoms with Crippen molar-refractivity contribution in [1.29, 1.82) is 0 Å². The van der Waals surface area contributed by atoms with Crippen molar-refractivity contribution in [3.63, 3.8) is 0 Å². The topological polar surface area (TPSA) is 67.8 Å². The van der Waals surface area contributed by atoms with E-state index in [1.165, 1.54) is 24.4 Å². The number of fused-ring (bicyclic) bond motifs is 1. The van der Waals surface area contributed by atoms with Crippen LogP contribution >= 0.6 is 18.7 Å². The molecule has 0 spiro atoms. The van der Waals surface area contributed by atoms with Gasteiger partial charge in [-0.3, -0.25) is 4.98 Å². The minimum absolute atomic E-state index is 0.0353. The molecule has 1 aliphatic rings. The number of anilines is 1. The number of benzene rings is 1. The number of nitrogens with zero attached hydrogens (tertiary/aromatic N) is 3. The van der Waals surface area contributed by atoms with Gasteiger partial charge in [-0.1, -0.05) is 11.6 Å². The fourth-order valence-corrected chi connectivity index (χ4v) is 5.21. The van der Waals surface area contributed by atoms with Crippen molar-refractivity contribution >= 4 is 40.9 Å². The Morgan fingerprint density at radius 2 is 1.75 bits per heavy atom. The van der Waals surface area contributed by atoms with Crippen LogP contribution in [0.25, 0.3) is 22.3 Å². The van der Waals surface area contributed by atoms with Gasteiger partial charge in [-0.25, -0.2) is 23.1 Å². The number of aryl methyl sites for hydroxylation is 1. The molecule has 1 saturated carbocycles. The summed E-state index contributed by atoms with van der Waals surface area (Å²) < 4.78 is 55.5. The van der Waals surface area contributed by atoms with Gasteiger partial charge in [-0.2, -0.15) is 0 Å². The van der Waals surface area contributed by atoms with Gasteiger partial charge in [0.2, 0.25) is 0 Å². The average molecular weight is 531 g/mol. The van der Waals surface area contributed by atoms with Gasteiger partial charge in [-0.15, -0.1) is 0 Å². The molecule has 3 aromatic heterocycles. The van der Waals surface area contributed by atoms with Crippen molar-refractivity contribution in [3.05, 3.63) is 76.3 Å². The van der Waals surface area contributed by atoms with Crippen LogP contribution in [0, 0.1) is 30.3 Å². The van der Waals surface area contributed by atoms with E-state index in [4.69, 9.17) is 11.6 Å². The highest BCUT2D eigenvalue weighted by Gasteiger charge is 2.34. The molecule has 0 saturated heterocycles. The minimum atomic E-state index is -2.57. The largest absolute Gasteiger partial charge is 0.375 e. The van der Waals surface area contributed by atoms with Crippen LogP contribution < -0.4 is 10.8 Å². The molecule has 1 N–H and O–H groups in total. The Kier molecular flexibility index (Phi) is 6.29. The van der Waals surface area contributed by atoms with Crippen LogP contribution in [0.2, 0.25) is 5.02 Å². The highest BCUT2D eigenvalue weighted by molar-refractivity contribution is 7.69. The summed E-state index contributed by atoms with van der Waals surface area (Å²) >= 11 is 6.65. The van der Waals surface area contributed by atoms with E-state index in [1.807, 2.05) is 0 Å². The predicted octanol–water partition coefficient (Wildman–Crippen LogP) is 6.88. The first-order valence-electron chi connectivity index (χ1n) is 11.4. The number of hydrogen-bond donors (Lipinski definition) is 1. The lowest BCUT2D eigenvalue weighted by Gasteiger charge is -2.23. The first-order valence-corrected chi connectivity index (χ1v) is 14.4. The Morgan fingerprint density at radius 3 is 2.33 bits per heavy atom. The number of hydrogen-bond acceptors (Lipinski definition) is 5. The van der Waals surface area contributed by atoms with E-state index in [-0.39, 0.29) is 17.1 Å². The third-order valence-electron chi connectivity index (χ3n) is 6.23. The minimum Gasteiger partial charge on any atom is -0.375 e. The molecule has 36 heavy (non-hydrogen) atoms. The van der Waals surface area contributed by atoms with E-state index in [2.05, 4.69) is 20.3 Å². The van der Waals surface area contributed by atoms with E-state index in [0.29, 0.717) is 38.5 Å². The molecular formula is C26H23ClF3N4OP. The Labute approximate surface area is 211 Å². The zero-order chi connectivity index (χ0) is 25.8. The lowest BCUT2D eigenvalue weighted by atomic mass is 10.0. The normalized spacial score (nSPS) is 14.8. The molecule has 1 aliphatic carbocycles. The van der Waals surface area contributed by atoms with Crippen LogP contribution in [0.5, 0.6) is 0 Å². The van der Waals surface area contributed by atoms with Crippen molar-refractivity contribution in [1.82, 2.24) is 15.0 Å². The first-order chi connectivity index (χ1) is 17.0. The summed E-state index contributed by atoms with van der Waals surface area (Å²) in [6.07, 6.45) is 3.21. The molecule has 4 aromatic rings. The van der Waals surface area contributed by atoms with Gasteiger partial charge in [0.05, 0.1) is 33.4 Å². The Morgan fingerprint density at radius 1 is 1.06 bits per heavy atom. The fraction of sp³-hybridized carbons (Fsp3) is 0.269. The van der Waals surface area contributed by atoms with Gasteiger partial charge in [0.25, 0.3) is 0 Å². The van der Waals surface area contributed by atoms with Gasteiger partial charge in [0.15, 0.2) is 5.82 Å². The summed E-state index contributed by atoms with van der Waals surface area (Å²) in [5, 5.41) is 3.64. The molecule has 3 heterocycles. The molecule has 0 bridgehead atoms. The second kappa shape index (κ2) is 9.16. The zero-order valence-corrected chi connectivity index (χ0v) is 21.5. The van der Waals surface area contributed by atoms with Gasteiger partial charge in [0, 0.05) is 23.9 Å². The number of aromatic nitrogens is 3. The maximum absolute atomic E-state index is 15.1. The van der Waals surface area contributed by atoms with Crippen LogP contribution in [-0.4, -0.2) is 28.3 Å². The van der Waals surface area contributed by atoms with Gasteiger partial charge >= 0.3 is 0 Å². The number of halogens is 4. The van der Waals surface area contributed by atoms with Crippen LogP contribution in [-0.2, 0) is 4.57 Å². The molecule has 5 nitrogen and oxygen atoms in total. The molecule has 0 radical (unpaired) electrons. The summed E-state index contributed by atoms with van der Waals surface area (Å²) in [6.45, 7) is 4.92. The SMILES string of the molecule is Cc1nc2cc(F)c(-c3ccc(P(C)(C)=O)nc3)nc2c(NC(c2cc(F)cc(F)c2)C2CC2)c1Cl. The standard InChI is InChI=1S/C26H23ClF3N4OP/c1-13-22(27)26(33-23(14-4-5-14)16-8-17(28)10-18(29)9-16)25-20(32-13)11-19(30)24(34-25)15-6-7-21(31-12-15)36(2,3)35/h6-12,14,23H,4-5H2,1-3H3,(H,32,33). The lowest BCUT2D eigenvalue weighted by molar-refractivity contribution is 0.570. The van der Waals surface area contributed by atoms with Gasteiger partial charge in [-0.05, 0) is 68.8 Å². The second-order valence-electron chi connectivity index (χ2n) is 9.49. The highest BCUT2D eigenvalue weighted by atomic mass is 35.5. The molecule has 5 rings (SSSR count). The van der Waals surface area contributed by atoms with E-state index in [1.54, 1.807) is 32.4 Å². The van der Waals surface area contributed by atoms with Crippen molar-refractivity contribution in [2.45, 2.75) is 25.8 Å². The summed E-state index contributed by atoms with van der Waals surface area (Å²) in [7, 11) is -2.57. The predicted molar refractivity (Wildman–Crippen MR) is 137 cm³/mol. The van der Waals surface area contributed by atoms with Crippen molar-refractivity contribution in [2.75, 3.05) is 18.6 Å². The summed E-state index contributed by atoms with van der Waals surface area (Å²) in [6, 6.07) is 7.51. The summed E-state index contributed by atoms with van der Waals surface area (Å²) in [5.74, 6) is -1.77. The molecule has 10 heteroatoms. The van der Waals surface area contributed by atoms with Crippen LogP contribution in [0.3, 0.4) is 0 Å². The van der Waals surface area contributed by atoms with E-state index in [9.17, 15) is 13.3 Å². The number of nitrogens with one attached hydrogen (secondary N) is 1. The van der Waals surface area contributed by atoms with Crippen molar-refractivity contribution in [2.24, 2.45) is 5.92 Å². The van der Waals surface area contributed by atoms with Crippen molar-refractivity contribution < 1.29 is 17.7 Å². The van der Waals surface area contributed by atoms with Gasteiger partial charge in [0.1, 0.15) is 30.0 Å². The quantitative estimate of drug-likeness (QED) is 0.275. The Bertz CT molecular complexity index is 1520. The Hall–Kier alpha value is -2.96. The number of pyridine rings is 3. The molecular weight excluding hydrogens is 508 g/mol. The fourth-order valence-electron chi connectivity index (χ4n) is 4.26. The van der Waals surface area contributed by atoms with Crippen LogP contribution in [0.15, 0.2) is 42.6 Å². The molecule has 1 unspecified atom stereocenters. The van der Waals surface area contributed by atoms with E-state index >= 15 is 4.39 Å². The molecule has 0 aliphatic heterocycles. The molecule has 1 atom stereocenters. The summed E-state index contributed by atoms with van der Waals surface area (Å²) in [5.41, 5.74) is 2.82. The van der Waals surface area contributed by atoms with E-state index in [0.717, 1.165) is 18.9 Å². The second-order valence-corrected chi connectivity index (χ2v) is 13.0. The number of rotatable bonds is 6. The maximum atomic E-state index is 15.1. The molecule has 1 aromatic carbocycles. The molecule has 0 amide bonds. The zero-order valence-electron chi connectivity index (χ0n) is 19.8. The highest BCUT2D eigenvalue weighted by Crippen LogP contribution is 2.45. The van der Waals surface area contributed by atoms with Gasteiger partial charge < -0.3 is 9.88 Å². The third-order valence-corrected chi connectivity index (χ3v) is 8.06. The smallest absolute Gasteiger partial charge is 0.151 e. The third kappa shape index (κ3) is 4.84. The molecule has 1 fully saturated rings. The van der Waals surface area contributed by atoms with Crippen LogP contribution in [0.1, 0.15) is 30.1 Å². The first kappa shape index (κ1) is 24.7. The molecule has 186 valence electrons. The summed E-state index contributed by atoms with van der Waals surface area (Å²) in [4.78, 5) is 13.2.